The molecule has 0 aliphatic carbocycles. The van der Waals surface area contributed by atoms with E-state index in [1.54, 1.807) is 4.68 Å². The average Bonchev–Trinajstić information content (AvgIpc) is 2.54. The van der Waals surface area contributed by atoms with E-state index in [0.717, 1.165) is 18.1 Å². The zero-order chi connectivity index (χ0) is 11.7. The lowest BCUT2D eigenvalue weighted by Gasteiger charge is -2.34. The van der Waals surface area contributed by atoms with Crippen LogP contribution in [0, 0.1) is 18.3 Å². The highest BCUT2D eigenvalue weighted by Gasteiger charge is 2.25. The predicted octanol–water partition coefficient (Wildman–Crippen LogP) is 0.825. The van der Waals surface area contributed by atoms with Gasteiger partial charge in [-0.2, -0.15) is 10.4 Å². The van der Waals surface area contributed by atoms with E-state index < -0.39 is 0 Å². The number of anilines is 1. The Bertz CT molecular complexity index is 432. The predicted molar refractivity (Wildman–Crippen MR) is 60.3 cm³/mol. The minimum Gasteiger partial charge on any atom is -0.377 e. The van der Waals surface area contributed by atoms with Gasteiger partial charge in [0, 0.05) is 13.6 Å². The molecule has 16 heavy (non-hydrogen) atoms. The number of nitriles is 1. The molecule has 1 aliphatic rings. The Kier molecular flexibility index (Phi) is 2.84. The molecule has 0 saturated carbocycles. The van der Waals surface area contributed by atoms with Crippen LogP contribution in [0.4, 0.5) is 5.82 Å². The Morgan fingerprint density at radius 2 is 2.31 bits per heavy atom. The lowest BCUT2D eigenvalue weighted by Crippen LogP contribution is -2.44. The van der Waals surface area contributed by atoms with E-state index in [0.29, 0.717) is 18.8 Å². The summed E-state index contributed by atoms with van der Waals surface area (Å²) in [6.45, 7) is 6.19. The van der Waals surface area contributed by atoms with Gasteiger partial charge in [0.05, 0.1) is 24.9 Å². The van der Waals surface area contributed by atoms with Crippen LogP contribution in [-0.2, 0) is 11.8 Å². The third-order valence-electron chi connectivity index (χ3n) is 2.94. The average molecular weight is 220 g/mol. The molecular formula is C11H16N4O. The summed E-state index contributed by atoms with van der Waals surface area (Å²) in [6.07, 6.45) is 0. The van der Waals surface area contributed by atoms with E-state index in [-0.39, 0.29) is 6.04 Å². The second-order valence-electron chi connectivity index (χ2n) is 4.14. The normalized spacial score (nSPS) is 20.9. The molecule has 0 radical (unpaired) electrons. The molecule has 2 heterocycles. The van der Waals surface area contributed by atoms with Gasteiger partial charge in [-0.3, -0.25) is 4.68 Å². The van der Waals surface area contributed by atoms with E-state index >= 15 is 0 Å². The van der Waals surface area contributed by atoms with Crippen molar-refractivity contribution in [2.24, 2.45) is 7.05 Å². The van der Waals surface area contributed by atoms with E-state index in [4.69, 9.17) is 10.00 Å². The number of hydrogen-bond donors (Lipinski definition) is 0. The summed E-state index contributed by atoms with van der Waals surface area (Å²) in [4.78, 5) is 2.20. The first-order chi connectivity index (χ1) is 7.65. The maximum Gasteiger partial charge on any atom is 0.145 e. The van der Waals surface area contributed by atoms with Gasteiger partial charge in [0.2, 0.25) is 0 Å². The van der Waals surface area contributed by atoms with Crippen molar-refractivity contribution in [2.75, 3.05) is 24.7 Å². The van der Waals surface area contributed by atoms with Crippen molar-refractivity contribution in [2.45, 2.75) is 19.9 Å². The maximum atomic E-state index is 9.17. The lowest BCUT2D eigenvalue weighted by atomic mass is 10.2. The van der Waals surface area contributed by atoms with E-state index in [1.807, 2.05) is 14.0 Å². The Morgan fingerprint density at radius 3 is 2.94 bits per heavy atom. The molecule has 1 aromatic rings. The van der Waals surface area contributed by atoms with E-state index in [2.05, 4.69) is 23.0 Å². The van der Waals surface area contributed by atoms with Gasteiger partial charge in [0.1, 0.15) is 17.5 Å². The molecule has 0 spiro atoms. The molecule has 1 saturated heterocycles. The second kappa shape index (κ2) is 4.14. The molecule has 1 fully saturated rings. The van der Waals surface area contributed by atoms with Gasteiger partial charge in [-0.25, -0.2) is 0 Å². The monoisotopic (exact) mass is 220 g/mol. The van der Waals surface area contributed by atoms with Crippen LogP contribution in [0.1, 0.15) is 18.2 Å². The largest absolute Gasteiger partial charge is 0.377 e. The van der Waals surface area contributed by atoms with E-state index in [9.17, 15) is 0 Å². The van der Waals surface area contributed by atoms with Crippen LogP contribution in [-0.4, -0.2) is 35.6 Å². The number of rotatable bonds is 1. The molecule has 0 N–H and O–H groups in total. The van der Waals surface area contributed by atoms with Gasteiger partial charge < -0.3 is 9.64 Å². The Labute approximate surface area is 95.2 Å². The van der Waals surface area contributed by atoms with Crippen LogP contribution in [0.25, 0.3) is 0 Å². The minimum atomic E-state index is 0.288. The fourth-order valence-corrected chi connectivity index (χ4v) is 2.15. The molecule has 0 amide bonds. The fourth-order valence-electron chi connectivity index (χ4n) is 2.15. The Morgan fingerprint density at radius 1 is 1.56 bits per heavy atom. The first-order valence-corrected chi connectivity index (χ1v) is 5.43. The van der Waals surface area contributed by atoms with Crippen LogP contribution in [0.5, 0.6) is 0 Å². The zero-order valence-corrected chi connectivity index (χ0v) is 9.90. The maximum absolute atomic E-state index is 9.17. The number of nitrogens with zero attached hydrogens (tertiary/aromatic N) is 4. The van der Waals surface area contributed by atoms with Gasteiger partial charge in [0.15, 0.2) is 0 Å². The molecular weight excluding hydrogens is 204 g/mol. The Hall–Kier alpha value is -1.54. The SMILES string of the molecule is Cc1nn(C)c(N2CCOCC2C)c1C#N. The topological polar surface area (TPSA) is 54.1 Å². The standard InChI is InChI=1S/C11H16N4O/c1-8-7-16-5-4-15(8)11-10(6-12)9(2)13-14(11)3/h8H,4-5,7H2,1-3H3. The fraction of sp³-hybridized carbons (Fsp3) is 0.636. The third-order valence-corrected chi connectivity index (χ3v) is 2.94. The van der Waals surface area contributed by atoms with Gasteiger partial charge in [0.25, 0.3) is 0 Å². The number of hydrogen-bond acceptors (Lipinski definition) is 4. The summed E-state index contributed by atoms with van der Waals surface area (Å²) in [5.41, 5.74) is 1.47. The molecule has 1 unspecified atom stereocenters. The van der Waals surface area contributed by atoms with Crippen LogP contribution < -0.4 is 4.90 Å². The van der Waals surface area contributed by atoms with Crippen molar-refractivity contribution in [3.8, 4) is 6.07 Å². The summed E-state index contributed by atoms with van der Waals surface area (Å²) in [6, 6.07) is 2.52. The zero-order valence-electron chi connectivity index (χ0n) is 9.90. The molecule has 0 aromatic carbocycles. The van der Waals surface area contributed by atoms with Gasteiger partial charge in [-0.05, 0) is 13.8 Å². The van der Waals surface area contributed by atoms with Crippen molar-refractivity contribution >= 4 is 5.82 Å². The van der Waals surface area contributed by atoms with Gasteiger partial charge in [-0.1, -0.05) is 0 Å². The molecule has 5 heteroatoms. The summed E-state index contributed by atoms with van der Waals surface area (Å²) in [5, 5.41) is 13.5. The molecule has 2 rings (SSSR count). The smallest absolute Gasteiger partial charge is 0.145 e. The number of aromatic nitrogens is 2. The highest BCUT2D eigenvalue weighted by Crippen LogP contribution is 2.25. The number of morpholine rings is 1. The van der Waals surface area contributed by atoms with Crippen LogP contribution >= 0.6 is 0 Å². The van der Waals surface area contributed by atoms with Gasteiger partial charge in [-0.15, -0.1) is 0 Å². The first kappa shape index (κ1) is 11.0. The van der Waals surface area contributed by atoms with Crippen molar-refractivity contribution in [1.29, 1.82) is 5.26 Å². The summed E-state index contributed by atoms with van der Waals surface area (Å²) >= 11 is 0. The molecule has 1 aliphatic heterocycles. The quantitative estimate of drug-likeness (QED) is 0.703. The van der Waals surface area contributed by atoms with E-state index in [1.165, 1.54) is 0 Å². The summed E-state index contributed by atoms with van der Waals surface area (Å²) < 4.78 is 7.19. The minimum absolute atomic E-state index is 0.288. The van der Waals surface area contributed by atoms with Crippen molar-refractivity contribution in [3.63, 3.8) is 0 Å². The van der Waals surface area contributed by atoms with Crippen molar-refractivity contribution < 1.29 is 4.74 Å². The Balaban J connectivity index is 2.42. The number of ether oxygens (including phenoxy) is 1. The molecule has 5 nitrogen and oxygen atoms in total. The highest BCUT2D eigenvalue weighted by atomic mass is 16.5. The van der Waals surface area contributed by atoms with Crippen molar-refractivity contribution in [1.82, 2.24) is 9.78 Å². The third kappa shape index (κ3) is 1.65. The summed E-state index contributed by atoms with van der Waals surface area (Å²) in [5.74, 6) is 0.913. The molecule has 1 aromatic heterocycles. The molecule has 86 valence electrons. The van der Waals surface area contributed by atoms with Gasteiger partial charge >= 0.3 is 0 Å². The van der Waals surface area contributed by atoms with Crippen molar-refractivity contribution in [3.05, 3.63) is 11.3 Å². The second-order valence-corrected chi connectivity index (χ2v) is 4.14. The lowest BCUT2D eigenvalue weighted by molar-refractivity contribution is 0.0981. The summed E-state index contributed by atoms with van der Waals surface area (Å²) in [7, 11) is 1.88. The number of aryl methyl sites for hydroxylation is 2. The highest BCUT2D eigenvalue weighted by molar-refractivity contribution is 5.57. The van der Waals surface area contributed by atoms with Crippen LogP contribution in [0.3, 0.4) is 0 Å². The van der Waals surface area contributed by atoms with Crippen LogP contribution in [0.2, 0.25) is 0 Å². The first-order valence-electron chi connectivity index (χ1n) is 5.43. The van der Waals surface area contributed by atoms with Crippen LogP contribution in [0.15, 0.2) is 0 Å². The molecule has 0 bridgehead atoms. The molecule has 1 atom stereocenters.